The summed E-state index contributed by atoms with van der Waals surface area (Å²) in [7, 11) is 1.64. The van der Waals surface area contributed by atoms with E-state index in [1.165, 1.54) is 6.08 Å². The van der Waals surface area contributed by atoms with Gasteiger partial charge in [0.25, 0.3) is 5.92 Å². The molecule has 0 aromatic carbocycles. The minimum Gasteiger partial charge on any atom is -0.398 e. The van der Waals surface area contributed by atoms with Crippen LogP contribution in [0.1, 0.15) is 12.8 Å². The van der Waals surface area contributed by atoms with Crippen molar-refractivity contribution in [2.24, 2.45) is 10.7 Å². The summed E-state index contributed by atoms with van der Waals surface area (Å²) in [5.41, 5.74) is 9.02. The number of rotatable bonds is 8. The quantitative estimate of drug-likeness (QED) is 0.322. The molecule has 0 saturated carbocycles. The lowest BCUT2D eigenvalue weighted by molar-refractivity contribution is -0.143. The van der Waals surface area contributed by atoms with E-state index in [1.807, 2.05) is 12.1 Å². The largest absolute Gasteiger partial charge is 0.398 e. The third-order valence-corrected chi connectivity index (χ3v) is 4.62. The summed E-state index contributed by atoms with van der Waals surface area (Å²) < 4.78 is 33.1. The highest BCUT2D eigenvalue weighted by Gasteiger charge is 2.42. The van der Waals surface area contributed by atoms with E-state index in [4.69, 9.17) is 15.7 Å². The SMILES string of the molecule is C=CCC1=CC(=C(/N)C(=CC(=C)C#N)/C=C\COC2CCNCC2(F)F)/C(=N\C)N1. The van der Waals surface area contributed by atoms with Crippen LogP contribution in [0, 0.1) is 11.3 Å². The van der Waals surface area contributed by atoms with Gasteiger partial charge in [0.15, 0.2) is 0 Å². The second kappa shape index (κ2) is 10.7. The van der Waals surface area contributed by atoms with Gasteiger partial charge in [-0.25, -0.2) is 8.78 Å². The molecule has 2 heterocycles. The van der Waals surface area contributed by atoms with E-state index in [1.54, 1.807) is 25.3 Å². The summed E-state index contributed by atoms with van der Waals surface area (Å²) in [6.45, 7) is 7.47. The number of amidine groups is 1. The molecule has 1 unspecified atom stereocenters. The lowest BCUT2D eigenvalue weighted by Gasteiger charge is -2.31. The number of alkyl halides is 2. The summed E-state index contributed by atoms with van der Waals surface area (Å²) in [6, 6.07) is 1.95. The summed E-state index contributed by atoms with van der Waals surface area (Å²) in [4.78, 5) is 4.21. The number of nitrogens with zero attached hydrogens (tertiary/aromatic N) is 2. The zero-order valence-corrected chi connectivity index (χ0v) is 17.0. The van der Waals surface area contributed by atoms with Crippen LogP contribution < -0.4 is 16.4 Å². The fraction of sp³-hybridized carbons (Fsp3) is 0.364. The van der Waals surface area contributed by atoms with Crippen LogP contribution in [-0.2, 0) is 4.74 Å². The first-order chi connectivity index (χ1) is 14.3. The molecule has 1 atom stereocenters. The molecule has 4 N–H and O–H groups in total. The van der Waals surface area contributed by atoms with E-state index in [2.05, 4.69) is 28.8 Å². The summed E-state index contributed by atoms with van der Waals surface area (Å²) in [6.07, 6.45) is 8.11. The van der Waals surface area contributed by atoms with E-state index < -0.39 is 12.0 Å². The number of hydrogen-bond donors (Lipinski definition) is 3. The Morgan fingerprint density at radius 1 is 1.53 bits per heavy atom. The fourth-order valence-corrected chi connectivity index (χ4v) is 3.10. The molecule has 2 rings (SSSR count). The van der Waals surface area contributed by atoms with Gasteiger partial charge in [-0.05, 0) is 30.7 Å². The topological polar surface area (TPSA) is 95.5 Å². The van der Waals surface area contributed by atoms with Crippen molar-refractivity contribution < 1.29 is 13.5 Å². The number of aliphatic imine (C=N–C) groups is 1. The molecule has 0 amide bonds. The maximum atomic E-state index is 13.9. The van der Waals surface area contributed by atoms with Crippen molar-refractivity contribution in [1.82, 2.24) is 10.6 Å². The molecule has 6 nitrogen and oxygen atoms in total. The van der Waals surface area contributed by atoms with Gasteiger partial charge in [-0.15, -0.1) is 6.58 Å². The number of hydrogen-bond acceptors (Lipinski definition) is 5. The van der Waals surface area contributed by atoms with Crippen LogP contribution in [0.5, 0.6) is 0 Å². The number of allylic oxidation sites excluding steroid dienone is 4. The van der Waals surface area contributed by atoms with Gasteiger partial charge in [0.2, 0.25) is 0 Å². The third kappa shape index (κ3) is 5.99. The van der Waals surface area contributed by atoms with E-state index in [0.29, 0.717) is 35.6 Å². The molecular weight excluding hydrogens is 388 g/mol. The van der Waals surface area contributed by atoms with E-state index >= 15 is 0 Å². The van der Waals surface area contributed by atoms with Gasteiger partial charge in [-0.3, -0.25) is 4.99 Å². The Morgan fingerprint density at radius 3 is 2.93 bits per heavy atom. The number of piperidine rings is 1. The zero-order chi connectivity index (χ0) is 22.1. The van der Waals surface area contributed by atoms with Crippen molar-refractivity contribution in [1.29, 1.82) is 5.26 Å². The summed E-state index contributed by atoms with van der Waals surface area (Å²) >= 11 is 0. The molecule has 2 aliphatic rings. The lowest BCUT2D eigenvalue weighted by atomic mass is 10.0. The van der Waals surface area contributed by atoms with Crippen molar-refractivity contribution in [2.45, 2.75) is 24.9 Å². The van der Waals surface area contributed by atoms with Gasteiger partial charge in [-0.2, -0.15) is 5.26 Å². The smallest absolute Gasteiger partial charge is 0.285 e. The van der Waals surface area contributed by atoms with E-state index in [-0.39, 0.29) is 25.1 Å². The summed E-state index contributed by atoms with van der Waals surface area (Å²) in [5, 5.41) is 14.9. The van der Waals surface area contributed by atoms with E-state index in [9.17, 15) is 8.78 Å². The highest BCUT2D eigenvalue weighted by atomic mass is 19.3. The van der Waals surface area contributed by atoms with Crippen molar-refractivity contribution >= 4 is 5.84 Å². The fourth-order valence-electron chi connectivity index (χ4n) is 3.10. The predicted octanol–water partition coefficient (Wildman–Crippen LogP) is 2.87. The second-order valence-corrected chi connectivity index (χ2v) is 6.87. The molecule has 0 aliphatic carbocycles. The van der Waals surface area contributed by atoms with Crippen LogP contribution in [-0.4, -0.2) is 44.6 Å². The normalized spacial score (nSPS) is 24.3. The number of ether oxygens (including phenoxy) is 1. The maximum absolute atomic E-state index is 13.9. The van der Waals surface area contributed by atoms with Crippen LogP contribution in [0.4, 0.5) is 8.78 Å². The maximum Gasteiger partial charge on any atom is 0.285 e. The van der Waals surface area contributed by atoms with Crippen LogP contribution in [0.2, 0.25) is 0 Å². The molecule has 0 aromatic heterocycles. The monoisotopic (exact) mass is 415 g/mol. The Morgan fingerprint density at radius 2 is 2.30 bits per heavy atom. The third-order valence-electron chi connectivity index (χ3n) is 4.62. The number of halogens is 2. The van der Waals surface area contributed by atoms with Gasteiger partial charge in [0.1, 0.15) is 11.9 Å². The van der Waals surface area contributed by atoms with Gasteiger partial charge in [-0.1, -0.05) is 24.8 Å². The minimum absolute atomic E-state index is 0.0102. The van der Waals surface area contributed by atoms with Gasteiger partial charge < -0.3 is 21.1 Å². The van der Waals surface area contributed by atoms with Crippen molar-refractivity contribution in [2.75, 3.05) is 26.7 Å². The van der Waals surface area contributed by atoms with Crippen LogP contribution >= 0.6 is 0 Å². The average molecular weight is 415 g/mol. The molecule has 160 valence electrons. The molecule has 8 heteroatoms. The Kier molecular flexibility index (Phi) is 8.27. The minimum atomic E-state index is -2.91. The van der Waals surface area contributed by atoms with Crippen molar-refractivity contribution in [3.63, 3.8) is 0 Å². The first-order valence-corrected chi connectivity index (χ1v) is 9.55. The highest BCUT2D eigenvalue weighted by molar-refractivity contribution is 6.06. The molecule has 1 saturated heterocycles. The van der Waals surface area contributed by atoms with Crippen LogP contribution in [0.25, 0.3) is 0 Å². The van der Waals surface area contributed by atoms with Gasteiger partial charge >= 0.3 is 0 Å². The number of nitrogens with two attached hydrogens (primary N) is 1. The first kappa shape index (κ1) is 23.3. The van der Waals surface area contributed by atoms with Gasteiger partial charge in [0, 0.05) is 36.0 Å². The number of nitriles is 1. The van der Waals surface area contributed by atoms with Gasteiger partial charge in [0.05, 0.1) is 19.2 Å². The average Bonchev–Trinajstić information content (AvgIpc) is 3.13. The number of nitrogens with one attached hydrogen (secondary N) is 2. The lowest BCUT2D eigenvalue weighted by Crippen LogP contribution is -2.50. The molecule has 1 fully saturated rings. The molecule has 0 bridgehead atoms. The van der Waals surface area contributed by atoms with Crippen molar-refractivity contribution in [3.8, 4) is 6.07 Å². The van der Waals surface area contributed by atoms with Crippen molar-refractivity contribution in [3.05, 3.63) is 71.7 Å². The molecule has 0 spiro atoms. The standard InChI is InChI=1S/C22H27F2N5O/c1-4-6-17-12-18(21(27-3)29-17)20(26)16(11-15(2)13-25)7-5-10-30-19-8-9-28-14-22(19,23)24/h4-5,7,11-12,19,28H,1-2,6,8-10,14,26H2,3H3,(H,27,29)/b7-5-,16-11?,20-18-. The Balaban J connectivity index is 2.23. The van der Waals surface area contributed by atoms with Crippen LogP contribution in [0.3, 0.4) is 0 Å². The molecule has 2 aliphatic heterocycles. The summed E-state index contributed by atoms with van der Waals surface area (Å²) in [5.74, 6) is -2.31. The first-order valence-electron chi connectivity index (χ1n) is 9.55. The molecule has 30 heavy (non-hydrogen) atoms. The molecular formula is C22H27F2N5O. The molecule has 0 aromatic rings. The second-order valence-electron chi connectivity index (χ2n) is 6.87. The Bertz CT molecular complexity index is 874. The Hall–Kier alpha value is -3.02. The predicted molar refractivity (Wildman–Crippen MR) is 115 cm³/mol. The molecule has 0 radical (unpaired) electrons. The zero-order valence-electron chi connectivity index (χ0n) is 17.0. The van der Waals surface area contributed by atoms with E-state index in [0.717, 1.165) is 5.70 Å². The highest BCUT2D eigenvalue weighted by Crippen LogP contribution is 2.26. The Labute approximate surface area is 175 Å². The van der Waals surface area contributed by atoms with Crippen LogP contribution in [0.15, 0.2) is 76.6 Å².